The topological polar surface area (TPSA) is 66.4 Å². The van der Waals surface area contributed by atoms with Crippen molar-refractivity contribution in [1.82, 2.24) is 24.3 Å². The standard InChI is InChI=1S/C20H23N5O2/c1-23-7-6-21-19(23)12-25-17-10-24(11-18(17)27-13-20(25)26)9-14-8-22-16-5-3-2-4-15(14)16/h2-8,17-18,22H,9-13H2,1H3. The quantitative estimate of drug-likeness (QED) is 0.761. The summed E-state index contributed by atoms with van der Waals surface area (Å²) in [4.78, 5) is 24.6. The first kappa shape index (κ1) is 16.5. The largest absolute Gasteiger partial charge is 0.365 e. The summed E-state index contributed by atoms with van der Waals surface area (Å²) < 4.78 is 7.83. The second-order valence-electron chi connectivity index (χ2n) is 7.45. The van der Waals surface area contributed by atoms with Gasteiger partial charge >= 0.3 is 0 Å². The number of hydrogen-bond acceptors (Lipinski definition) is 4. The van der Waals surface area contributed by atoms with Crippen LogP contribution in [0.4, 0.5) is 0 Å². The zero-order chi connectivity index (χ0) is 18.4. The van der Waals surface area contributed by atoms with E-state index in [1.165, 1.54) is 10.9 Å². The zero-order valence-corrected chi connectivity index (χ0v) is 15.3. The lowest BCUT2D eigenvalue weighted by Crippen LogP contribution is -2.53. The number of amides is 1. The van der Waals surface area contributed by atoms with Crippen molar-refractivity contribution in [3.05, 3.63) is 54.2 Å². The Morgan fingerprint density at radius 2 is 2.15 bits per heavy atom. The summed E-state index contributed by atoms with van der Waals surface area (Å²) in [6, 6.07) is 8.44. The fourth-order valence-corrected chi connectivity index (χ4v) is 4.28. The van der Waals surface area contributed by atoms with Gasteiger partial charge in [-0.2, -0.15) is 0 Å². The molecule has 7 heteroatoms. The van der Waals surface area contributed by atoms with Crippen molar-refractivity contribution in [3.63, 3.8) is 0 Å². The Morgan fingerprint density at radius 3 is 3.00 bits per heavy atom. The van der Waals surface area contributed by atoms with E-state index in [4.69, 9.17) is 4.74 Å². The summed E-state index contributed by atoms with van der Waals surface area (Å²) in [6.07, 6.45) is 5.84. The SMILES string of the molecule is Cn1ccnc1CN1C(=O)COC2CN(Cc3c[nH]c4ccccc34)CC21. The minimum absolute atomic E-state index is 0.0493. The molecule has 2 unspecified atom stereocenters. The molecule has 27 heavy (non-hydrogen) atoms. The van der Waals surface area contributed by atoms with E-state index in [0.717, 1.165) is 31.0 Å². The molecule has 2 aliphatic rings. The zero-order valence-electron chi connectivity index (χ0n) is 15.3. The molecule has 7 nitrogen and oxygen atoms in total. The molecule has 1 aromatic carbocycles. The molecule has 4 heterocycles. The average Bonchev–Trinajstić information content (AvgIpc) is 3.37. The van der Waals surface area contributed by atoms with Crippen LogP contribution in [0.25, 0.3) is 10.9 Å². The maximum Gasteiger partial charge on any atom is 0.249 e. The van der Waals surface area contributed by atoms with Gasteiger partial charge in [-0.25, -0.2) is 4.98 Å². The van der Waals surface area contributed by atoms with Crippen LogP contribution in [-0.2, 0) is 29.7 Å². The number of likely N-dealkylation sites (tertiary alicyclic amines) is 1. The number of carbonyl (C=O) groups excluding carboxylic acids is 1. The molecule has 2 saturated heterocycles. The van der Waals surface area contributed by atoms with Gasteiger partial charge < -0.3 is 19.2 Å². The van der Waals surface area contributed by atoms with Gasteiger partial charge in [0.2, 0.25) is 5.91 Å². The highest BCUT2D eigenvalue weighted by Gasteiger charge is 2.43. The lowest BCUT2D eigenvalue weighted by Gasteiger charge is -2.36. The summed E-state index contributed by atoms with van der Waals surface area (Å²) in [6.45, 7) is 3.21. The highest BCUT2D eigenvalue weighted by atomic mass is 16.5. The number of rotatable bonds is 4. The first-order valence-corrected chi connectivity index (χ1v) is 9.33. The Kier molecular flexibility index (Phi) is 3.98. The molecular weight excluding hydrogens is 342 g/mol. The summed E-state index contributed by atoms with van der Waals surface area (Å²) in [7, 11) is 1.96. The van der Waals surface area contributed by atoms with Crippen molar-refractivity contribution >= 4 is 16.8 Å². The van der Waals surface area contributed by atoms with Crippen LogP contribution in [0, 0.1) is 0 Å². The fraction of sp³-hybridized carbons (Fsp3) is 0.400. The van der Waals surface area contributed by atoms with E-state index in [2.05, 4.69) is 39.3 Å². The van der Waals surface area contributed by atoms with Crippen molar-refractivity contribution in [3.8, 4) is 0 Å². The van der Waals surface area contributed by atoms with Crippen molar-refractivity contribution in [2.75, 3.05) is 19.7 Å². The van der Waals surface area contributed by atoms with Crippen LogP contribution in [0.3, 0.4) is 0 Å². The Labute approximate surface area is 157 Å². The van der Waals surface area contributed by atoms with Crippen LogP contribution in [0.2, 0.25) is 0 Å². The van der Waals surface area contributed by atoms with Crippen LogP contribution in [0.1, 0.15) is 11.4 Å². The van der Waals surface area contributed by atoms with Gasteiger partial charge in [0.1, 0.15) is 12.4 Å². The maximum absolute atomic E-state index is 12.5. The van der Waals surface area contributed by atoms with E-state index < -0.39 is 0 Å². The molecule has 2 fully saturated rings. The molecule has 2 aliphatic heterocycles. The predicted molar refractivity (Wildman–Crippen MR) is 101 cm³/mol. The number of benzene rings is 1. The summed E-state index contributed by atoms with van der Waals surface area (Å²) in [5.41, 5.74) is 2.44. The fourth-order valence-electron chi connectivity index (χ4n) is 4.28. The summed E-state index contributed by atoms with van der Waals surface area (Å²) in [5, 5.41) is 1.26. The summed E-state index contributed by atoms with van der Waals surface area (Å²) >= 11 is 0. The third-order valence-corrected chi connectivity index (χ3v) is 5.76. The number of morpholine rings is 1. The van der Waals surface area contributed by atoms with Crippen molar-refractivity contribution in [2.45, 2.75) is 25.2 Å². The number of H-pyrrole nitrogens is 1. The molecule has 2 aromatic heterocycles. The van der Waals surface area contributed by atoms with Crippen LogP contribution < -0.4 is 0 Å². The Bertz CT molecular complexity index is 978. The van der Waals surface area contributed by atoms with Gasteiger partial charge in [0.05, 0.1) is 18.7 Å². The van der Waals surface area contributed by atoms with Gasteiger partial charge in [-0.1, -0.05) is 18.2 Å². The van der Waals surface area contributed by atoms with Gasteiger partial charge in [0, 0.05) is 56.2 Å². The molecule has 0 aliphatic carbocycles. The number of hydrogen-bond donors (Lipinski definition) is 1. The Morgan fingerprint density at radius 1 is 1.26 bits per heavy atom. The van der Waals surface area contributed by atoms with Crippen molar-refractivity contribution in [1.29, 1.82) is 0 Å². The molecule has 1 N–H and O–H groups in total. The van der Waals surface area contributed by atoms with Crippen LogP contribution >= 0.6 is 0 Å². The van der Waals surface area contributed by atoms with Crippen molar-refractivity contribution in [2.24, 2.45) is 7.05 Å². The van der Waals surface area contributed by atoms with Crippen LogP contribution in [0.5, 0.6) is 0 Å². The predicted octanol–water partition coefficient (Wildman–Crippen LogP) is 1.51. The number of para-hydroxylation sites is 1. The molecule has 0 bridgehead atoms. The molecule has 0 spiro atoms. The van der Waals surface area contributed by atoms with Gasteiger partial charge in [-0.05, 0) is 11.6 Å². The number of aromatic nitrogens is 3. The minimum Gasteiger partial charge on any atom is -0.365 e. The first-order valence-electron chi connectivity index (χ1n) is 9.33. The van der Waals surface area contributed by atoms with E-state index in [1.54, 1.807) is 6.20 Å². The Balaban J connectivity index is 1.34. The minimum atomic E-state index is 0.0493. The van der Waals surface area contributed by atoms with Gasteiger partial charge in [-0.15, -0.1) is 0 Å². The molecule has 0 radical (unpaired) electrons. The van der Waals surface area contributed by atoms with E-state index in [9.17, 15) is 4.79 Å². The molecule has 140 valence electrons. The third kappa shape index (κ3) is 2.93. The third-order valence-electron chi connectivity index (χ3n) is 5.76. The van der Waals surface area contributed by atoms with Crippen molar-refractivity contribution < 1.29 is 9.53 Å². The number of carbonyl (C=O) groups is 1. The van der Waals surface area contributed by atoms with Gasteiger partial charge in [-0.3, -0.25) is 9.69 Å². The number of ether oxygens (including phenoxy) is 1. The number of imidazole rings is 1. The number of aromatic amines is 1. The normalized spacial score (nSPS) is 23.3. The molecule has 0 saturated carbocycles. The lowest BCUT2D eigenvalue weighted by molar-refractivity contribution is -0.154. The van der Waals surface area contributed by atoms with Crippen LogP contribution in [0.15, 0.2) is 42.9 Å². The number of nitrogens with zero attached hydrogens (tertiary/aromatic N) is 4. The Hall–Kier alpha value is -2.64. The number of aryl methyl sites for hydroxylation is 1. The average molecular weight is 365 g/mol. The molecule has 2 atom stereocenters. The monoisotopic (exact) mass is 365 g/mol. The van der Waals surface area contributed by atoms with Gasteiger partial charge in [0.15, 0.2) is 0 Å². The second kappa shape index (κ2) is 6.51. The molecule has 3 aromatic rings. The second-order valence-corrected chi connectivity index (χ2v) is 7.45. The molecular formula is C20H23N5O2. The number of fused-ring (bicyclic) bond motifs is 2. The van der Waals surface area contributed by atoms with E-state index in [-0.39, 0.29) is 24.7 Å². The smallest absolute Gasteiger partial charge is 0.249 e. The van der Waals surface area contributed by atoms with E-state index in [1.807, 2.05) is 28.8 Å². The highest BCUT2D eigenvalue weighted by Crippen LogP contribution is 2.27. The highest BCUT2D eigenvalue weighted by molar-refractivity contribution is 5.83. The number of nitrogens with one attached hydrogen (secondary N) is 1. The maximum atomic E-state index is 12.5. The lowest BCUT2D eigenvalue weighted by atomic mass is 10.1. The first-order chi connectivity index (χ1) is 13.2. The molecule has 1 amide bonds. The van der Waals surface area contributed by atoms with Crippen LogP contribution in [-0.4, -0.2) is 62.1 Å². The molecule has 5 rings (SSSR count). The summed E-state index contributed by atoms with van der Waals surface area (Å²) in [5.74, 6) is 0.951. The van der Waals surface area contributed by atoms with E-state index >= 15 is 0 Å². The van der Waals surface area contributed by atoms with E-state index in [0.29, 0.717) is 6.54 Å². The van der Waals surface area contributed by atoms with Gasteiger partial charge in [0.25, 0.3) is 0 Å².